The monoisotopic (exact) mass is 349 g/mol. The second kappa shape index (κ2) is 6.60. The normalized spacial score (nSPS) is 10.5. The van der Waals surface area contributed by atoms with Gasteiger partial charge in [0.05, 0.1) is 10.6 Å². The van der Waals surface area contributed by atoms with Gasteiger partial charge < -0.3 is 5.32 Å². The van der Waals surface area contributed by atoms with Crippen molar-refractivity contribution < 1.29 is 13.6 Å². The Hall–Kier alpha value is -1.36. The fourth-order valence-electron chi connectivity index (χ4n) is 1.63. The zero-order chi connectivity index (χ0) is 15.6. The van der Waals surface area contributed by atoms with Crippen LogP contribution in [0.15, 0.2) is 30.3 Å². The number of nitrogens with one attached hydrogen (secondary N) is 1. The first-order valence-electron chi connectivity index (χ1n) is 5.75. The number of rotatable bonds is 3. The molecule has 2 rings (SSSR count). The molecule has 0 aliphatic rings. The van der Waals surface area contributed by atoms with Crippen LogP contribution in [0.2, 0.25) is 15.1 Å². The maximum atomic E-state index is 13.1. The van der Waals surface area contributed by atoms with Gasteiger partial charge in [-0.2, -0.15) is 0 Å². The third kappa shape index (κ3) is 3.84. The number of hydrogen-bond acceptors (Lipinski definition) is 1. The largest absolute Gasteiger partial charge is 0.348 e. The fourth-order valence-corrected chi connectivity index (χ4v) is 2.34. The topological polar surface area (TPSA) is 29.1 Å². The molecule has 2 nitrogen and oxygen atoms in total. The Morgan fingerprint density at radius 2 is 1.67 bits per heavy atom. The molecule has 1 amide bonds. The molecule has 0 saturated carbocycles. The summed E-state index contributed by atoms with van der Waals surface area (Å²) in [7, 11) is 0. The standard InChI is InChI=1S/C14H8Cl3F2NO/c15-8-2-1-7(10(16)3-8)6-20-14(21)9-4-12(18)13(19)5-11(9)17/h1-5H,6H2,(H,20,21). The van der Waals surface area contributed by atoms with E-state index >= 15 is 0 Å². The summed E-state index contributed by atoms with van der Waals surface area (Å²) in [4.78, 5) is 11.9. The molecule has 110 valence electrons. The van der Waals surface area contributed by atoms with Gasteiger partial charge >= 0.3 is 0 Å². The van der Waals surface area contributed by atoms with Crippen molar-refractivity contribution >= 4 is 40.7 Å². The highest BCUT2D eigenvalue weighted by molar-refractivity contribution is 6.35. The van der Waals surface area contributed by atoms with E-state index in [9.17, 15) is 13.6 Å². The van der Waals surface area contributed by atoms with Gasteiger partial charge in [0.15, 0.2) is 11.6 Å². The molecule has 2 aromatic rings. The van der Waals surface area contributed by atoms with Crippen molar-refractivity contribution in [3.63, 3.8) is 0 Å². The van der Waals surface area contributed by atoms with Crippen LogP contribution in [0.4, 0.5) is 8.78 Å². The molecule has 2 aromatic carbocycles. The van der Waals surface area contributed by atoms with Gasteiger partial charge in [0, 0.05) is 16.6 Å². The van der Waals surface area contributed by atoms with Crippen LogP contribution in [-0.2, 0) is 6.54 Å². The van der Waals surface area contributed by atoms with Crippen molar-refractivity contribution in [1.82, 2.24) is 5.32 Å². The third-order valence-electron chi connectivity index (χ3n) is 2.71. The highest BCUT2D eigenvalue weighted by Crippen LogP contribution is 2.22. The van der Waals surface area contributed by atoms with Crippen LogP contribution in [0.25, 0.3) is 0 Å². The maximum Gasteiger partial charge on any atom is 0.253 e. The van der Waals surface area contributed by atoms with Gasteiger partial charge in [0.1, 0.15) is 0 Å². The lowest BCUT2D eigenvalue weighted by Crippen LogP contribution is -2.23. The first-order valence-corrected chi connectivity index (χ1v) is 6.88. The van der Waals surface area contributed by atoms with E-state index in [1.807, 2.05) is 0 Å². The lowest BCUT2D eigenvalue weighted by atomic mass is 10.1. The Bertz CT molecular complexity index is 707. The molecule has 0 aromatic heterocycles. The van der Waals surface area contributed by atoms with E-state index in [0.717, 1.165) is 12.1 Å². The van der Waals surface area contributed by atoms with Crippen LogP contribution < -0.4 is 5.32 Å². The second-order valence-electron chi connectivity index (χ2n) is 4.16. The SMILES string of the molecule is O=C(NCc1ccc(Cl)cc1Cl)c1cc(F)c(F)cc1Cl. The summed E-state index contributed by atoms with van der Waals surface area (Å²) in [5.74, 6) is -2.89. The van der Waals surface area contributed by atoms with Crippen LogP contribution in [0.5, 0.6) is 0 Å². The van der Waals surface area contributed by atoms with Gasteiger partial charge in [-0.1, -0.05) is 40.9 Å². The van der Waals surface area contributed by atoms with Crippen molar-refractivity contribution in [3.8, 4) is 0 Å². The second-order valence-corrected chi connectivity index (χ2v) is 5.42. The highest BCUT2D eigenvalue weighted by atomic mass is 35.5. The van der Waals surface area contributed by atoms with Crippen molar-refractivity contribution in [2.45, 2.75) is 6.54 Å². The summed E-state index contributed by atoms with van der Waals surface area (Å²) >= 11 is 17.4. The predicted molar refractivity (Wildman–Crippen MR) is 79.0 cm³/mol. The number of amides is 1. The molecule has 0 atom stereocenters. The molecule has 0 aliphatic heterocycles. The predicted octanol–water partition coefficient (Wildman–Crippen LogP) is 4.86. The van der Waals surface area contributed by atoms with Crippen molar-refractivity contribution in [1.29, 1.82) is 0 Å². The van der Waals surface area contributed by atoms with E-state index in [1.165, 1.54) is 6.07 Å². The van der Waals surface area contributed by atoms with Gasteiger partial charge in [0.2, 0.25) is 0 Å². The van der Waals surface area contributed by atoms with E-state index in [-0.39, 0.29) is 17.1 Å². The van der Waals surface area contributed by atoms with E-state index in [2.05, 4.69) is 5.32 Å². The van der Waals surface area contributed by atoms with E-state index in [4.69, 9.17) is 34.8 Å². The zero-order valence-corrected chi connectivity index (χ0v) is 12.7. The molecule has 7 heteroatoms. The summed E-state index contributed by atoms with van der Waals surface area (Å²) < 4.78 is 26.1. The Kier molecular flexibility index (Phi) is 5.04. The van der Waals surface area contributed by atoms with Crippen molar-refractivity contribution in [2.24, 2.45) is 0 Å². The molecule has 0 heterocycles. The highest BCUT2D eigenvalue weighted by Gasteiger charge is 2.15. The molecule has 21 heavy (non-hydrogen) atoms. The van der Waals surface area contributed by atoms with E-state index in [0.29, 0.717) is 15.6 Å². The van der Waals surface area contributed by atoms with Crippen LogP contribution in [0.3, 0.4) is 0 Å². The van der Waals surface area contributed by atoms with Gasteiger partial charge in [0.25, 0.3) is 5.91 Å². The molecular weight excluding hydrogens is 343 g/mol. The summed E-state index contributed by atoms with van der Waals surface area (Å²) in [5, 5.41) is 3.21. The number of hydrogen-bond donors (Lipinski definition) is 1. The molecule has 1 N–H and O–H groups in total. The average Bonchev–Trinajstić information content (AvgIpc) is 2.41. The van der Waals surface area contributed by atoms with Gasteiger partial charge in [-0.3, -0.25) is 4.79 Å². The van der Waals surface area contributed by atoms with Crippen LogP contribution in [0.1, 0.15) is 15.9 Å². The summed E-state index contributed by atoms with van der Waals surface area (Å²) in [6.07, 6.45) is 0. The first kappa shape index (κ1) is 16.0. The molecule has 0 unspecified atom stereocenters. The van der Waals surface area contributed by atoms with Gasteiger partial charge in [-0.15, -0.1) is 0 Å². The molecule has 0 bridgehead atoms. The Labute approximate surface area is 134 Å². The molecular formula is C14H8Cl3F2NO. The minimum absolute atomic E-state index is 0.101. The molecule has 0 spiro atoms. The summed E-state index contributed by atoms with van der Waals surface area (Å²) in [6.45, 7) is 0.101. The van der Waals surface area contributed by atoms with Crippen LogP contribution >= 0.6 is 34.8 Å². The molecule has 0 aliphatic carbocycles. The zero-order valence-electron chi connectivity index (χ0n) is 10.4. The number of halogens is 5. The van der Waals surface area contributed by atoms with Crippen molar-refractivity contribution in [2.75, 3.05) is 0 Å². The average molecular weight is 351 g/mol. The molecule has 0 saturated heterocycles. The smallest absolute Gasteiger partial charge is 0.253 e. The van der Waals surface area contributed by atoms with Gasteiger partial charge in [-0.05, 0) is 29.8 Å². The summed E-state index contributed by atoms with van der Waals surface area (Å²) in [5.41, 5.74) is 0.480. The molecule has 0 radical (unpaired) electrons. The number of carbonyl (C=O) groups is 1. The first-order chi connectivity index (χ1) is 9.88. The van der Waals surface area contributed by atoms with Gasteiger partial charge in [-0.25, -0.2) is 8.78 Å². The minimum Gasteiger partial charge on any atom is -0.348 e. The lowest BCUT2D eigenvalue weighted by Gasteiger charge is -2.09. The summed E-state index contributed by atoms with van der Waals surface area (Å²) in [6, 6.07) is 6.31. The lowest BCUT2D eigenvalue weighted by molar-refractivity contribution is 0.0950. The van der Waals surface area contributed by atoms with Crippen LogP contribution in [-0.4, -0.2) is 5.91 Å². The Balaban J connectivity index is 2.13. The van der Waals surface area contributed by atoms with E-state index < -0.39 is 17.5 Å². The van der Waals surface area contributed by atoms with E-state index in [1.54, 1.807) is 12.1 Å². The van der Waals surface area contributed by atoms with Crippen LogP contribution in [0, 0.1) is 11.6 Å². The maximum absolute atomic E-state index is 13.1. The Morgan fingerprint density at radius 3 is 2.33 bits per heavy atom. The Morgan fingerprint density at radius 1 is 1.00 bits per heavy atom. The number of benzene rings is 2. The minimum atomic E-state index is -1.14. The quantitative estimate of drug-likeness (QED) is 0.787. The number of carbonyl (C=O) groups excluding carboxylic acids is 1. The third-order valence-corrected chi connectivity index (χ3v) is 3.61. The molecule has 0 fully saturated rings. The fraction of sp³-hybridized carbons (Fsp3) is 0.0714. The van der Waals surface area contributed by atoms with Crippen molar-refractivity contribution in [3.05, 3.63) is 68.2 Å².